The van der Waals surface area contributed by atoms with E-state index in [1.807, 2.05) is 36.1 Å². The highest BCUT2D eigenvalue weighted by molar-refractivity contribution is 5.55. The third-order valence-corrected chi connectivity index (χ3v) is 4.37. The first-order chi connectivity index (χ1) is 15.2. The van der Waals surface area contributed by atoms with Crippen molar-refractivity contribution >= 4 is 17.6 Å². The van der Waals surface area contributed by atoms with Gasteiger partial charge < -0.3 is 24.4 Å². The molecule has 0 unspecified atom stereocenters. The zero-order valence-electron chi connectivity index (χ0n) is 17.2. The summed E-state index contributed by atoms with van der Waals surface area (Å²) in [7, 11) is 0. The summed E-state index contributed by atoms with van der Waals surface area (Å²) in [6, 6.07) is 11.3. The second-order valence-corrected chi connectivity index (χ2v) is 6.74. The molecule has 2 aromatic heterocycles. The fourth-order valence-corrected chi connectivity index (χ4v) is 2.80. The average Bonchev–Trinajstić information content (AvgIpc) is 2.81. The van der Waals surface area contributed by atoms with Crippen LogP contribution in [0.1, 0.15) is 5.56 Å². The van der Waals surface area contributed by atoms with Crippen LogP contribution in [-0.4, -0.2) is 58.1 Å². The molecule has 0 radical (unpaired) electrons. The number of nitrogens with one attached hydrogen (secondary N) is 1. The normalized spacial score (nSPS) is 13.5. The molecule has 0 saturated carbocycles. The molecule has 1 aliphatic rings. The van der Waals surface area contributed by atoms with E-state index in [0.717, 1.165) is 5.69 Å². The zero-order valence-corrected chi connectivity index (χ0v) is 17.2. The molecule has 3 heterocycles. The van der Waals surface area contributed by atoms with Gasteiger partial charge in [-0.15, -0.1) is 10.2 Å². The van der Waals surface area contributed by atoms with Gasteiger partial charge in [-0.1, -0.05) is 30.4 Å². The summed E-state index contributed by atoms with van der Waals surface area (Å²) in [5.74, 6) is 1.49. The van der Waals surface area contributed by atoms with E-state index in [-0.39, 0.29) is 11.9 Å². The third-order valence-electron chi connectivity index (χ3n) is 4.37. The third kappa shape index (κ3) is 5.64. The molecule has 0 atom stereocenters. The van der Waals surface area contributed by atoms with Crippen LogP contribution in [0.25, 0.3) is 0 Å². The number of hydrogen-bond acceptors (Lipinski definition) is 10. The van der Waals surface area contributed by atoms with Crippen molar-refractivity contribution in [2.24, 2.45) is 0 Å². The van der Waals surface area contributed by atoms with E-state index in [1.54, 1.807) is 18.2 Å². The van der Waals surface area contributed by atoms with Crippen LogP contribution in [0.15, 0.2) is 49.1 Å². The predicted octanol–water partition coefficient (Wildman–Crippen LogP) is 2.91. The second kappa shape index (κ2) is 9.81. The van der Waals surface area contributed by atoms with Gasteiger partial charge in [0, 0.05) is 30.9 Å². The number of benzene rings is 1. The fourth-order valence-electron chi connectivity index (χ4n) is 2.80. The minimum absolute atomic E-state index is 0.111. The molecule has 0 bridgehead atoms. The lowest BCUT2D eigenvalue weighted by molar-refractivity contribution is 0.122. The van der Waals surface area contributed by atoms with Gasteiger partial charge in [-0.3, -0.25) is 0 Å². The summed E-state index contributed by atoms with van der Waals surface area (Å²) in [5, 5.41) is 11.2. The van der Waals surface area contributed by atoms with Crippen molar-refractivity contribution < 1.29 is 14.2 Å². The van der Waals surface area contributed by atoms with E-state index in [9.17, 15) is 0 Å². The van der Waals surface area contributed by atoms with Gasteiger partial charge in [-0.05, 0) is 19.1 Å². The average molecular weight is 421 g/mol. The van der Waals surface area contributed by atoms with Crippen LogP contribution in [-0.2, 0) is 4.74 Å². The van der Waals surface area contributed by atoms with E-state index in [2.05, 4.69) is 37.0 Å². The van der Waals surface area contributed by atoms with Crippen LogP contribution in [0.4, 0.5) is 17.6 Å². The molecule has 4 rings (SSSR count). The summed E-state index contributed by atoms with van der Waals surface area (Å²) < 4.78 is 16.5. The lowest BCUT2D eigenvalue weighted by Crippen LogP contribution is -2.37. The highest BCUT2D eigenvalue weighted by atomic mass is 16.5. The number of nitrogens with zero attached hydrogens (tertiary/aromatic N) is 6. The van der Waals surface area contributed by atoms with Crippen LogP contribution in [0.3, 0.4) is 0 Å². The van der Waals surface area contributed by atoms with Gasteiger partial charge in [0.2, 0.25) is 23.7 Å². The number of ether oxygens (including phenoxy) is 3. The van der Waals surface area contributed by atoms with Gasteiger partial charge in [0.25, 0.3) is 0 Å². The first kappa shape index (κ1) is 20.5. The maximum atomic E-state index is 5.76. The number of aromatic nitrogens is 5. The Morgan fingerprint density at radius 1 is 1.03 bits per heavy atom. The molecular weight excluding hydrogens is 398 g/mol. The molecule has 1 fully saturated rings. The van der Waals surface area contributed by atoms with Gasteiger partial charge in [0.15, 0.2) is 0 Å². The Hall–Kier alpha value is -3.79. The summed E-state index contributed by atoms with van der Waals surface area (Å²) >= 11 is 0. The molecule has 1 aromatic carbocycles. The number of rotatable bonds is 8. The molecule has 0 aliphatic carbocycles. The SMILES string of the molecule is C=CCOc1ccc(Oc2nc(Nc3ccc(C)cc3)nc(N3CCOCC3)n2)nn1. The van der Waals surface area contributed by atoms with Crippen molar-refractivity contribution in [2.45, 2.75) is 6.92 Å². The Morgan fingerprint density at radius 3 is 2.48 bits per heavy atom. The van der Waals surface area contributed by atoms with Crippen molar-refractivity contribution in [3.8, 4) is 17.8 Å². The minimum atomic E-state index is 0.111. The molecule has 0 amide bonds. The van der Waals surface area contributed by atoms with E-state index in [4.69, 9.17) is 14.2 Å². The molecule has 10 nitrogen and oxygen atoms in total. The summed E-state index contributed by atoms with van der Waals surface area (Å²) in [6.07, 6.45) is 1.63. The maximum absolute atomic E-state index is 5.76. The Morgan fingerprint density at radius 2 is 1.77 bits per heavy atom. The molecule has 0 spiro atoms. The van der Waals surface area contributed by atoms with E-state index in [1.165, 1.54) is 5.56 Å². The number of hydrogen-bond donors (Lipinski definition) is 1. The molecule has 1 aliphatic heterocycles. The predicted molar refractivity (Wildman–Crippen MR) is 115 cm³/mol. The van der Waals surface area contributed by atoms with Crippen molar-refractivity contribution in [2.75, 3.05) is 43.1 Å². The monoisotopic (exact) mass is 421 g/mol. The lowest BCUT2D eigenvalue weighted by atomic mass is 10.2. The summed E-state index contributed by atoms with van der Waals surface area (Å²) in [4.78, 5) is 15.4. The first-order valence-electron chi connectivity index (χ1n) is 9.87. The van der Waals surface area contributed by atoms with Crippen LogP contribution in [0, 0.1) is 6.92 Å². The van der Waals surface area contributed by atoms with Crippen LogP contribution < -0.4 is 19.7 Å². The smallest absolute Gasteiger partial charge is 0.330 e. The van der Waals surface area contributed by atoms with Crippen molar-refractivity contribution in [3.63, 3.8) is 0 Å². The maximum Gasteiger partial charge on any atom is 0.330 e. The van der Waals surface area contributed by atoms with E-state index in [0.29, 0.717) is 50.7 Å². The van der Waals surface area contributed by atoms with Crippen molar-refractivity contribution in [1.29, 1.82) is 0 Å². The minimum Gasteiger partial charge on any atom is -0.472 e. The van der Waals surface area contributed by atoms with E-state index >= 15 is 0 Å². The van der Waals surface area contributed by atoms with Gasteiger partial charge in [0.05, 0.1) is 13.2 Å². The Kier molecular flexibility index (Phi) is 6.48. The highest BCUT2D eigenvalue weighted by Gasteiger charge is 2.18. The van der Waals surface area contributed by atoms with E-state index < -0.39 is 0 Å². The Labute approximate surface area is 179 Å². The standard InChI is InChI=1S/C21H23N7O3/c1-3-12-30-17-8-9-18(27-26-17)31-21-24-19(22-16-6-4-15(2)5-7-16)23-20(25-21)28-10-13-29-14-11-28/h3-9H,1,10-14H2,2H3,(H,22,23,24,25). The lowest BCUT2D eigenvalue weighted by Gasteiger charge is -2.26. The zero-order chi connectivity index (χ0) is 21.5. The highest BCUT2D eigenvalue weighted by Crippen LogP contribution is 2.23. The molecule has 31 heavy (non-hydrogen) atoms. The van der Waals surface area contributed by atoms with Gasteiger partial charge in [-0.2, -0.15) is 15.0 Å². The van der Waals surface area contributed by atoms with Crippen molar-refractivity contribution in [3.05, 3.63) is 54.6 Å². The Bertz CT molecular complexity index is 1010. The molecule has 160 valence electrons. The van der Waals surface area contributed by atoms with Gasteiger partial charge in [0.1, 0.15) is 6.61 Å². The van der Waals surface area contributed by atoms with Crippen LogP contribution in [0.5, 0.6) is 17.8 Å². The molecule has 1 N–H and O–H groups in total. The van der Waals surface area contributed by atoms with Gasteiger partial charge in [-0.25, -0.2) is 0 Å². The Balaban J connectivity index is 1.57. The number of anilines is 3. The van der Waals surface area contributed by atoms with Gasteiger partial charge >= 0.3 is 6.01 Å². The topological polar surface area (TPSA) is 107 Å². The largest absolute Gasteiger partial charge is 0.472 e. The van der Waals surface area contributed by atoms with Crippen LogP contribution in [0.2, 0.25) is 0 Å². The number of aryl methyl sites for hydroxylation is 1. The molecular formula is C21H23N7O3. The fraction of sp³-hybridized carbons (Fsp3) is 0.286. The van der Waals surface area contributed by atoms with Crippen LogP contribution >= 0.6 is 0 Å². The summed E-state index contributed by atoms with van der Waals surface area (Å²) in [5.41, 5.74) is 2.03. The summed E-state index contributed by atoms with van der Waals surface area (Å²) in [6.45, 7) is 8.57. The molecule has 1 saturated heterocycles. The van der Waals surface area contributed by atoms with Crippen molar-refractivity contribution in [1.82, 2.24) is 25.1 Å². The molecule has 3 aromatic rings. The quantitative estimate of drug-likeness (QED) is 0.546. The molecule has 10 heteroatoms. The second-order valence-electron chi connectivity index (χ2n) is 6.74. The number of morpholine rings is 1. The first-order valence-corrected chi connectivity index (χ1v) is 9.87.